The highest BCUT2D eigenvalue weighted by Crippen LogP contribution is 2.08. The van der Waals surface area contributed by atoms with Crippen LogP contribution in [0.4, 0.5) is 0 Å². The summed E-state index contributed by atoms with van der Waals surface area (Å²) in [5.74, 6) is -1.83. The van der Waals surface area contributed by atoms with Crippen LogP contribution in [0.3, 0.4) is 0 Å². The summed E-state index contributed by atoms with van der Waals surface area (Å²) in [6, 6.07) is 6.30. The Kier molecular flexibility index (Phi) is 7.33. The number of carbonyl (C=O) groups is 1. The van der Waals surface area contributed by atoms with E-state index in [1.165, 1.54) is 12.1 Å². The number of hydrogen-bond donors (Lipinski definition) is 3. The average Bonchev–Trinajstić information content (AvgIpc) is 2.46. The van der Waals surface area contributed by atoms with E-state index in [0.29, 0.717) is 0 Å². The normalized spacial score (nSPS) is 13.8. The third-order valence-electron chi connectivity index (χ3n) is 3.04. The Bertz CT molecular complexity index is 745. The number of rotatable bonds is 10. The van der Waals surface area contributed by atoms with Gasteiger partial charge in [0.1, 0.15) is 6.04 Å². The molecule has 0 saturated carbocycles. The van der Waals surface area contributed by atoms with Gasteiger partial charge in [-0.1, -0.05) is 32.0 Å². The quantitative estimate of drug-likeness (QED) is 0.540. The summed E-state index contributed by atoms with van der Waals surface area (Å²) in [5, 5.41) is 9.05. The van der Waals surface area contributed by atoms with Gasteiger partial charge in [-0.15, -0.1) is 0 Å². The first kappa shape index (κ1) is 20.6. The van der Waals surface area contributed by atoms with Crippen LogP contribution >= 0.6 is 0 Å². The fourth-order valence-corrected chi connectivity index (χ4v) is 4.24. The number of benzene rings is 1. The topological polar surface area (TPSA) is 130 Å². The smallest absolute Gasteiger partial charge is 0.321 e. The van der Waals surface area contributed by atoms with Gasteiger partial charge in [-0.3, -0.25) is 4.79 Å². The number of carboxylic acids is 1. The summed E-state index contributed by atoms with van der Waals surface area (Å²) in [5.41, 5.74) is 0. The second-order valence-corrected chi connectivity index (χ2v) is 9.31. The molecule has 0 spiro atoms. The summed E-state index contributed by atoms with van der Waals surface area (Å²) in [7, 11) is -7.74. The fraction of sp³-hybridized carbons (Fsp3) is 0.500. The highest BCUT2D eigenvalue weighted by molar-refractivity contribution is 7.90. The number of nitrogens with one attached hydrogen (secondary N) is 2. The van der Waals surface area contributed by atoms with Gasteiger partial charge in [0.15, 0.2) is 0 Å². The molecule has 0 fully saturated rings. The lowest BCUT2D eigenvalue weighted by atomic mass is 10.1. The molecule has 0 aliphatic carbocycles. The molecule has 0 saturated heterocycles. The third kappa shape index (κ3) is 6.95. The maximum Gasteiger partial charge on any atom is 0.321 e. The van der Waals surface area contributed by atoms with Crippen molar-refractivity contribution in [3.8, 4) is 0 Å². The minimum atomic E-state index is -3.93. The van der Waals surface area contributed by atoms with E-state index in [4.69, 9.17) is 5.11 Å². The van der Waals surface area contributed by atoms with Crippen LogP contribution in [0.25, 0.3) is 0 Å². The Morgan fingerprint density at radius 1 is 1.12 bits per heavy atom. The lowest BCUT2D eigenvalue weighted by Gasteiger charge is -2.16. The van der Waals surface area contributed by atoms with Gasteiger partial charge >= 0.3 is 5.97 Å². The van der Waals surface area contributed by atoms with E-state index in [9.17, 15) is 21.6 Å². The first-order chi connectivity index (χ1) is 11.0. The highest BCUT2D eigenvalue weighted by atomic mass is 32.2. The summed E-state index contributed by atoms with van der Waals surface area (Å²) in [6.07, 6.45) is 0.143. The van der Waals surface area contributed by atoms with Crippen molar-refractivity contribution >= 4 is 26.0 Å². The molecule has 1 rings (SSSR count). The van der Waals surface area contributed by atoms with Crippen molar-refractivity contribution in [2.75, 3.05) is 12.3 Å². The predicted octanol–water partition coefficient (Wildman–Crippen LogP) is 0.384. The van der Waals surface area contributed by atoms with Gasteiger partial charge in [0, 0.05) is 6.54 Å². The molecule has 1 aromatic rings. The first-order valence-corrected chi connectivity index (χ1v) is 10.4. The Labute approximate surface area is 142 Å². The van der Waals surface area contributed by atoms with Crippen LogP contribution in [0.2, 0.25) is 0 Å². The molecule has 0 bridgehead atoms. The summed E-state index contributed by atoms with van der Waals surface area (Å²) < 4.78 is 52.1. The Morgan fingerprint density at radius 3 is 2.21 bits per heavy atom. The van der Waals surface area contributed by atoms with Crippen LogP contribution in [0.5, 0.6) is 0 Å². The average molecular weight is 378 g/mol. The van der Waals surface area contributed by atoms with Gasteiger partial charge in [-0.05, 0) is 24.5 Å². The highest BCUT2D eigenvalue weighted by Gasteiger charge is 2.25. The first-order valence-electron chi connectivity index (χ1n) is 7.31. The molecule has 1 aromatic carbocycles. The van der Waals surface area contributed by atoms with E-state index in [2.05, 4.69) is 9.44 Å². The van der Waals surface area contributed by atoms with Crippen LogP contribution in [-0.2, 0) is 24.8 Å². The largest absolute Gasteiger partial charge is 0.480 e. The third-order valence-corrected chi connectivity index (χ3v) is 5.91. The molecule has 1 atom stereocenters. The van der Waals surface area contributed by atoms with Crippen LogP contribution in [0.15, 0.2) is 35.2 Å². The minimum absolute atomic E-state index is 0.00890. The Hall–Kier alpha value is -1.49. The molecule has 24 heavy (non-hydrogen) atoms. The van der Waals surface area contributed by atoms with E-state index in [1.807, 2.05) is 0 Å². The van der Waals surface area contributed by atoms with Crippen molar-refractivity contribution in [2.24, 2.45) is 5.92 Å². The summed E-state index contributed by atoms with van der Waals surface area (Å²) in [4.78, 5) is 11.1. The lowest BCUT2D eigenvalue weighted by Crippen LogP contribution is -2.44. The Balaban J connectivity index is 2.64. The number of sulfonamides is 2. The SMILES string of the molecule is CC(C)C[C@@H](NS(=O)(=O)CCNS(=O)(=O)c1ccccc1)C(=O)O. The molecule has 10 heteroatoms. The van der Waals surface area contributed by atoms with Crippen molar-refractivity contribution in [3.63, 3.8) is 0 Å². The maximum atomic E-state index is 12.0. The van der Waals surface area contributed by atoms with Gasteiger partial charge in [0.2, 0.25) is 20.0 Å². The zero-order valence-electron chi connectivity index (χ0n) is 13.5. The van der Waals surface area contributed by atoms with E-state index in [1.54, 1.807) is 32.0 Å². The summed E-state index contributed by atoms with van der Waals surface area (Å²) in [6.45, 7) is 3.19. The second kappa shape index (κ2) is 8.56. The monoisotopic (exact) mass is 378 g/mol. The molecular weight excluding hydrogens is 356 g/mol. The standard InChI is InChI=1S/C14H22N2O6S2/c1-11(2)10-13(14(17)18)16-23(19,20)9-8-15-24(21,22)12-6-4-3-5-7-12/h3-7,11,13,15-16H,8-10H2,1-2H3,(H,17,18)/t13-/m1/s1. The molecule has 0 amide bonds. The predicted molar refractivity (Wildman–Crippen MR) is 89.4 cm³/mol. The van der Waals surface area contributed by atoms with Crippen molar-refractivity contribution in [1.82, 2.24) is 9.44 Å². The van der Waals surface area contributed by atoms with Crippen molar-refractivity contribution in [1.29, 1.82) is 0 Å². The Morgan fingerprint density at radius 2 is 1.71 bits per heavy atom. The van der Waals surface area contributed by atoms with Gasteiger partial charge < -0.3 is 5.11 Å². The van der Waals surface area contributed by atoms with Crippen LogP contribution in [0.1, 0.15) is 20.3 Å². The van der Waals surface area contributed by atoms with E-state index in [0.717, 1.165) is 0 Å². The lowest BCUT2D eigenvalue weighted by molar-refractivity contribution is -0.139. The maximum absolute atomic E-state index is 12.0. The molecule has 0 unspecified atom stereocenters. The fourth-order valence-electron chi connectivity index (χ4n) is 1.94. The van der Waals surface area contributed by atoms with Crippen molar-refractivity contribution in [3.05, 3.63) is 30.3 Å². The van der Waals surface area contributed by atoms with E-state index >= 15 is 0 Å². The molecular formula is C14H22N2O6S2. The number of hydrogen-bond acceptors (Lipinski definition) is 5. The van der Waals surface area contributed by atoms with E-state index in [-0.39, 0.29) is 23.8 Å². The van der Waals surface area contributed by atoms with Gasteiger partial charge in [0.25, 0.3) is 0 Å². The molecule has 136 valence electrons. The number of carboxylic acid groups (broad SMARTS) is 1. The molecule has 0 aliphatic rings. The zero-order chi connectivity index (χ0) is 18.4. The van der Waals surface area contributed by atoms with Crippen molar-refractivity contribution in [2.45, 2.75) is 31.2 Å². The molecule has 0 aromatic heterocycles. The van der Waals surface area contributed by atoms with Crippen LogP contribution < -0.4 is 9.44 Å². The van der Waals surface area contributed by atoms with Crippen LogP contribution in [0, 0.1) is 5.92 Å². The molecule has 0 radical (unpaired) electrons. The summed E-state index contributed by atoms with van der Waals surface area (Å²) >= 11 is 0. The molecule has 8 nitrogen and oxygen atoms in total. The van der Waals surface area contributed by atoms with Gasteiger partial charge in [-0.25, -0.2) is 26.3 Å². The molecule has 0 heterocycles. The number of aliphatic carboxylic acids is 1. The van der Waals surface area contributed by atoms with Crippen molar-refractivity contribution < 1.29 is 26.7 Å². The zero-order valence-corrected chi connectivity index (χ0v) is 15.1. The molecule has 0 aliphatic heterocycles. The van der Waals surface area contributed by atoms with E-state index < -0.39 is 37.8 Å². The molecule has 3 N–H and O–H groups in total. The van der Waals surface area contributed by atoms with Gasteiger partial charge in [-0.2, -0.15) is 0 Å². The van der Waals surface area contributed by atoms with Gasteiger partial charge in [0.05, 0.1) is 10.6 Å². The minimum Gasteiger partial charge on any atom is -0.480 e. The second-order valence-electron chi connectivity index (χ2n) is 5.67. The van der Waals surface area contributed by atoms with Crippen LogP contribution in [-0.4, -0.2) is 46.3 Å².